The van der Waals surface area contributed by atoms with Gasteiger partial charge in [0.05, 0.1) is 19.3 Å². The summed E-state index contributed by atoms with van der Waals surface area (Å²) in [6.45, 7) is -0.0962. The molecule has 1 heterocycles. The summed E-state index contributed by atoms with van der Waals surface area (Å²) in [5.41, 5.74) is -0.742. The van der Waals surface area contributed by atoms with Gasteiger partial charge in [0.2, 0.25) is 5.69 Å². The quantitative estimate of drug-likeness (QED) is 0.492. The van der Waals surface area contributed by atoms with Gasteiger partial charge in [0.25, 0.3) is 11.5 Å². The molecule has 4 rings (SSSR count). The highest BCUT2D eigenvalue weighted by Gasteiger charge is 2.21. The zero-order chi connectivity index (χ0) is 23.4. The predicted octanol–water partition coefficient (Wildman–Crippen LogP) is 2.84. The van der Waals surface area contributed by atoms with Crippen molar-refractivity contribution in [1.29, 1.82) is 0 Å². The van der Waals surface area contributed by atoms with Crippen molar-refractivity contribution in [2.24, 2.45) is 0 Å². The molecule has 33 heavy (non-hydrogen) atoms. The smallest absolute Gasteiger partial charge is 0.352 e. The minimum Gasteiger partial charge on any atom is -0.497 e. The number of anilines is 1. The molecule has 0 aliphatic heterocycles. The number of nitrogens with zero attached hydrogens (tertiary/aromatic N) is 3. The zero-order valence-corrected chi connectivity index (χ0v) is 17.6. The molecule has 1 aromatic heterocycles. The second-order valence-electron chi connectivity index (χ2n) is 7.08. The third-order valence-electron chi connectivity index (χ3n) is 4.85. The van der Waals surface area contributed by atoms with Crippen molar-refractivity contribution in [3.05, 3.63) is 117 Å². The molecular formula is C24H19FN4O4. The van der Waals surface area contributed by atoms with Crippen molar-refractivity contribution >= 4 is 11.6 Å². The molecule has 0 aliphatic carbocycles. The van der Waals surface area contributed by atoms with E-state index in [0.717, 1.165) is 9.25 Å². The molecule has 0 radical (unpaired) electrons. The van der Waals surface area contributed by atoms with Gasteiger partial charge in [0.1, 0.15) is 11.6 Å². The van der Waals surface area contributed by atoms with Gasteiger partial charge in [-0.2, -0.15) is 9.78 Å². The maximum Gasteiger partial charge on any atom is 0.352 e. The van der Waals surface area contributed by atoms with Gasteiger partial charge in [0.15, 0.2) is 0 Å². The molecule has 0 atom stereocenters. The Morgan fingerprint density at radius 1 is 1.00 bits per heavy atom. The number of nitrogens with one attached hydrogen (secondary N) is 1. The van der Waals surface area contributed by atoms with Crippen molar-refractivity contribution in [1.82, 2.24) is 14.3 Å². The second-order valence-corrected chi connectivity index (χ2v) is 7.08. The van der Waals surface area contributed by atoms with Crippen molar-refractivity contribution in [2.45, 2.75) is 6.54 Å². The molecule has 8 nitrogen and oxygen atoms in total. The fourth-order valence-corrected chi connectivity index (χ4v) is 3.21. The van der Waals surface area contributed by atoms with Gasteiger partial charge >= 0.3 is 5.69 Å². The molecule has 4 aromatic rings. The summed E-state index contributed by atoms with van der Waals surface area (Å²) < 4.78 is 20.3. The van der Waals surface area contributed by atoms with Crippen LogP contribution in [0.5, 0.6) is 5.75 Å². The summed E-state index contributed by atoms with van der Waals surface area (Å²) in [6, 6.07) is 20.4. The Balaban J connectivity index is 1.82. The van der Waals surface area contributed by atoms with Crippen LogP contribution in [-0.4, -0.2) is 27.4 Å². The van der Waals surface area contributed by atoms with E-state index in [1.54, 1.807) is 54.6 Å². The van der Waals surface area contributed by atoms with Gasteiger partial charge in [0, 0.05) is 5.69 Å². The molecule has 0 unspecified atom stereocenters. The van der Waals surface area contributed by atoms with E-state index < -0.39 is 28.7 Å². The van der Waals surface area contributed by atoms with Crippen molar-refractivity contribution in [3.63, 3.8) is 0 Å². The Hall–Kier alpha value is -4.53. The first kappa shape index (κ1) is 21.7. The number of hydrogen-bond acceptors (Lipinski definition) is 5. The molecule has 3 aromatic carbocycles. The van der Waals surface area contributed by atoms with E-state index in [9.17, 15) is 18.8 Å². The lowest BCUT2D eigenvalue weighted by Crippen LogP contribution is -2.45. The van der Waals surface area contributed by atoms with Gasteiger partial charge < -0.3 is 10.1 Å². The molecule has 166 valence electrons. The monoisotopic (exact) mass is 446 g/mol. The first-order valence-electron chi connectivity index (χ1n) is 9.95. The third kappa shape index (κ3) is 4.72. The predicted molar refractivity (Wildman–Crippen MR) is 121 cm³/mol. The van der Waals surface area contributed by atoms with Crippen LogP contribution < -0.4 is 21.3 Å². The molecule has 0 aliphatic rings. The van der Waals surface area contributed by atoms with Gasteiger partial charge in [-0.25, -0.2) is 9.18 Å². The Morgan fingerprint density at radius 2 is 1.73 bits per heavy atom. The van der Waals surface area contributed by atoms with E-state index in [1.165, 1.54) is 31.4 Å². The van der Waals surface area contributed by atoms with Crippen LogP contribution in [0.1, 0.15) is 16.1 Å². The van der Waals surface area contributed by atoms with E-state index >= 15 is 0 Å². The van der Waals surface area contributed by atoms with Crippen LogP contribution in [-0.2, 0) is 6.54 Å². The first-order valence-corrected chi connectivity index (χ1v) is 9.95. The highest BCUT2D eigenvalue weighted by molar-refractivity contribution is 6.02. The van der Waals surface area contributed by atoms with Crippen LogP contribution >= 0.6 is 0 Å². The Kier molecular flexibility index (Phi) is 6.12. The fraction of sp³-hybridized carbons (Fsp3) is 0.0833. The average molecular weight is 446 g/mol. The standard InChI is InChI=1S/C24H19FN4O4/c1-33-20-9-5-6-16(14-20)15-28-23(31)21(22(30)26-18-12-10-17(25)11-13-18)27-29(24(28)32)19-7-3-2-4-8-19/h2-14H,15H2,1H3,(H,26,30). The minimum absolute atomic E-state index is 0.0962. The fourth-order valence-electron chi connectivity index (χ4n) is 3.21. The van der Waals surface area contributed by atoms with E-state index in [1.807, 2.05) is 0 Å². The number of halogens is 1. The Labute approximate surface area is 187 Å². The Morgan fingerprint density at radius 3 is 2.42 bits per heavy atom. The number of carbonyl (C=O) groups is 1. The lowest BCUT2D eigenvalue weighted by molar-refractivity contribution is 0.101. The number of para-hydroxylation sites is 1. The topological polar surface area (TPSA) is 95.2 Å². The maximum absolute atomic E-state index is 13.2. The van der Waals surface area contributed by atoms with E-state index in [0.29, 0.717) is 17.0 Å². The van der Waals surface area contributed by atoms with Crippen molar-refractivity contribution in [3.8, 4) is 11.4 Å². The van der Waals surface area contributed by atoms with Crippen LogP contribution in [0.25, 0.3) is 5.69 Å². The maximum atomic E-state index is 13.2. The molecule has 9 heteroatoms. The molecule has 0 saturated carbocycles. The third-order valence-corrected chi connectivity index (χ3v) is 4.85. The number of hydrogen-bond donors (Lipinski definition) is 1. The van der Waals surface area contributed by atoms with Crippen LogP contribution in [0, 0.1) is 5.82 Å². The number of carbonyl (C=O) groups excluding carboxylic acids is 1. The average Bonchev–Trinajstić information content (AvgIpc) is 2.84. The Bertz CT molecular complexity index is 1410. The van der Waals surface area contributed by atoms with Crippen LogP contribution in [0.15, 0.2) is 88.5 Å². The summed E-state index contributed by atoms with van der Waals surface area (Å²) >= 11 is 0. The molecular weight excluding hydrogens is 427 g/mol. The van der Waals surface area contributed by atoms with Crippen molar-refractivity contribution < 1.29 is 13.9 Å². The molecule has 0 bridgehead atoms. The first-order chi connectivity index (χ1) is 16.0. The summed E-state index contributed by atoms with van der Waals surface area (Å²) in [7, 11) is 1.51. The zero-order valence-electron chi connectivity index (χ0n) is 17.6. The van der Waals surface area contributed by atoms with E-state index in [2.05, 4.69) is 10.4 Å². The number of rotatable bonds is 6. The number of aromatic nitrogens is 3. The number of benzene rings is 3. The summed E-state index contributed by atoms with van der Waals surface area (Å²) in [5, 5.41) is 6.57. The SMILES string of the molecule is COc1cccc(Cn2c(=O)c(C(=O)Nc3ccc(F)cc3)nn(-c3ccccc3)c2=O)c1. The molecule has 0 saturated heterocycles. The van der Waals surface area contributed by atoms with Gasteiger partial charge in [-0.1, -0.05) is 30.3 Å². The normalized spacial score (nSPS) is 10.6. The summed E-state index contributed by atoms with van der Waals surface area (Å²) in [5.74, 6) is -0.729. The van der Waals surface area contributed by atoms with Crippen LogP contribution in [0.4, 0.5) is 10.1 Å². The highest BCUT2D eigenvalue weighted by atomic mass is 19.1. The number of amides is 1. The minimum atomic E-state index is -0.852. The second kappa shape index (κ2) is 9.31. The van der Waals surface area contributed by atoms with Gasteiger partial charge in [-0.05, 0) is 54.1 Å². The van der Waals surface area contributed by atoms with Crippen LogP contribution in [0.2, 0.25) is 0 Å². The number of ether oxygens (including phenoxy) is 1. The largest absolute Gasteiger partial charge is 0.497 e. The summed E-state index contributed by atoms with van der Waals surface area (Å²) in [6.07, 6.45) is 0. The van der Waals surface area contributed by atoms with E-state index in [-0.39, 0.29) is 12.2 Å². The van der Waals surface area contributed by atoms with Crippen molar-refractivity contribution in [2.75, 3.05) is 12.4 Å². The molecule has 0 spiro atoms. The lowest BCUT2D eigenvalue weighted by Gasteiger charge is -2.13. The lowest BCUT2D eigenvalue weighted by atomic mass is 10.2. The molecule has 1 amide bonds. The van der Waals surface area contributed by atoms with E-state index in [4.69, 9.17) is 4.74 Å². The summed E-state index contributed by atoms with van der Waals surface area (Å²) in [4.78, 5) is 39.2. The van der Waals surface area contributed by atoms with Crippen LogP contribution in [0.3, 0.4) is 0 Å². The van der Waals surface area contributed by atoms with Gasteiger partial charge in [-0.3, -0.25) is 14.2 Å². The molecule has 1 N–H and O–H groups in total. The number of methoxy groups -OCH3 is 1. The highest BCUT2D eigenvalue weighted by Crippen LogP contribution is 2.13. The van der Waals surface area contributed by atoms with Gasteiger partial charge in [-0.15, -0.1) is 0 Å². The molecule has 0 fully saturated rings.